The normalized spacial score (nSPS) is 18.3. The van der Waals surface area contributed by atoms with Gasteiger partial charge in [0.15, 0.2) is 0 Å². The van der Waals surface area contributed by atoms with E-state index in [-0.39, 0.29) is 18.0 Å². The molecule has 0 aliphatic carbocycles. The molecule has 7 nitrogen and oxygen atoms in total. The number of pyridine rings is 2. The van der Waals surface area contributed by atoms with Crippen LogP contribution in [0.5, 0.6) is 0 Å². The number of hydrogen-bond acceptors (Lipinski definition) is 5. The van der Waals surface area contributed by atoms with E-state index in [9.17, 15) is 4.79 Å². The molecule has 3 aromatic heterocycles. The fourth-order valence-corrected chi connectivity index (χ4v) is 6.22. The molecule has 6 heterocycles. The smallest absolute Gasteiger partial charge is 0.227 e. The van der Waals surface area contributed by atoms with E-state index in [2.05, 4.69) is 50.2 Å². The minimum atomic E-state index is 0.176. The van der Waals surface area contributed by atoms with E-state index in [1.165, 1.54) is 0 Å². The fraction of sp³-hybridized carbons (Fsp3) is 0.226. The summed E-state index contributed by atoms with van der Waals surface area (Å²) in [6, 6.07) is 20.6. The van der Waals surface area contributed by atoms with Gasteiger partial charge >= 0.3 is 0 Å². The Balaban J connectivity index is 1.10. The number of hydrogen-bond donors (Lipinski definition) is 0. The lowest BCUT2D eigenvalue weighted by Crippen LogP contribution is -2.70. The Hall–Kier alpha value is -4.23. The van der Waals surface area contributed by atoms with E-state index in [1.807, 2.05) is 66.8 Å². The van der Waals surface area contributed by atoms with Crippen molar-refractivity contribution in [2.45, 2.75) is 24.9 Å². The molecule has 1 amide bonds. The van der Waals surface area contributed by atoms with Crippen molar-refractivity contribution in [3.05, 3.63) is 96.0 Å². The number of piperazine rings is 1. The third-order valence-corrected chi connectivity index (χ3v) is 8.10. The van der Waals surface area contributed by atoms with Gasteiger partial charge in [0.25, 0.3) is 0 Å². The number of anilines is 1. The molecule has 194 valence electrons. The Morgan fingerprint density at radius 1 is 0.949 bits per heavy atom. The maximum absolute atomic E-state index is 13.0. The standard InChI is InChI=1S/C31H27ClN6O/c1-36-17-23(16-35-36)22-12-28(27-6-3-9-33-29(27)13-22)21-7-8-30(34-15-21)37-18-25-14-26(19-37)38(25)31(39)11-20-4-2-5-24(32)10-20/h2-10,12-13,15-17,25-26H,11,14,18-19H2,1H3. The Kier molecular flexibility index (Phi) is 5.81. The van der Waals surface area contributed by atoms with Crippen molar-refractivity contribution >= 4 is 34.2 Å². The molecular weight excluding hydrogens is 508 g/mol. The van der Waals surface area contributed by atoms with Crippen LogP contribution >= 0.6 is 11.6 Å². The Morgan fingerprint density at radius 3 is 2.56 bits per heavy atom. The minimum absolute atomic E-state index is 0.176. The molecule has 2 unspecified atom stereocenters. The van der Waals surface area contributed by atoms with Crippen LogP contribution in [0, 0.1) is 0 Å². The highest BCUT2D eigenvalue weighted by Gasteiger charge is 2.47. The molecule has 2 aromatic carbocycles. The lowest BCUT2D eigenvalue weighted by Gasteiger charge is -2.56. The fourth-order valence-electron chi connectivity index (χ4n) is 6.01. The maximum Gasteiger partial charge on any atom is 0.227 e. The van der Waals surface area contributed by atoms with Gasteiger partial charge in [0, 0.05) is 60.3 Å². The summed E-state index contributed by atoms with van der Waals surface area (Å²) >= 11 is 6.11. The van der Waals surface area contributed by atoms with Crippen LogP contribution in [0.25, 0.3) is 33.2 Å². The van der Waals surface area contributed by atoms with Crippen molar-refractivity contribution in [3.63, 3.8) is 0 Å². The van der Waals surface area contributed by atoms with Gasteiger partial charge in [0.05, 0.1) is 30.2 Å². The molecule has 8 heteroatoms. The molecule has 2 bridgehead atoms. The highest BCUT2D eigenvalue weighted by atomic mass is 35.5. The van der Waals surface area contributed by atoms with Gasteiger partial charge in [-0.1, -0.05) is 29.8 Å². The second kappa shape index (κ2) is 9.50. The van der Waals surface area contributed by atoms with Gasteiger partial charge in [-0.25, -0.2) is 4.98 Å². The van der Waals surface area contributed by atoms with Gasteiger partial charge < -0.3 is 9.80 Å². The molecule has 8 rings (SSSR count). The zero-order valence-corrected chi connectivity index (χ0v) is 22.3. The van der Waals surface area contributed by atoms with Crippen LogP contribution in [0.3, 0.4) is 0 Å². The van der Waals surface area contributed by atoms with Crippen molar-refractivity contribution in [2.24, 2.45) is 7.05 Å². The Labute approximate surface area is 231 Å². The van der Waals surface area contributed by atoms with Crippen LogP contribution in [-0.2, 0) is 18.3 Å². The molecule has 0 N–H and O–H groups in total. The van der Waals surface area contributed by atoms with Gasteiger partial charge in [0.2, 0.25) is 5.91 Å². The largest absolute Gasteiger partial charge is 0.352 e. The van der Waals surface area contributed by atoms with Gasteiger partial charge in [-0.05, 0) is 65.6 Å². The van der Waals surface area contributed by atoms with Gasteiger partial charge in [-0.2, -0.15) is 5.10 Å². The molecule has 0 radical (unpaired) electrons. The number of aromatic nitrogens is 4. The van der Waals surface area contributed by atoms with E-state index in [4.69, 9.17) is 16.6 Å². The van der Waals surface area contributed by atoms with Crippen LogP contribution < -0.4 is 4.90 Å². The first-order valence-corrected chi connectivity index (χ1v) is 13.5. The second-order valence-corrected chi connectivity index (χ2v) is 10.9. The Morgan fingerprint density at radius 2 is 1.82 bits per heavy atom. The van der Waals surface area contributed by atoms with Gasteiger partial charge in [-0.3, -0.25) is 14.5 Å². The maximum atomic E-state index is 13.0. The van der Waals surface area contributed by atoms with Crippen LogP contribution in [-0.4, -0.2) is 55.7 Å². The number of fused-ring (bicyclic) bond motifs is 3. The summed E-state index contributed by atoms with van der Waals surface area (Å²) in [6.07, 6.45) is 9.11. The molecule has 5 aromatic rings. The number of amides is 1. The third-order valence-electron chi connectivity index (χ3n) is 7.87. The summed E-state index contributed by atoms with van der Waals surface area (Å²) in [7, 11) is 1.92. The van der Waals surface area contributed by atoms with Gasteiger partial charge in [-0.15, -0.1) is 0 Å². The van der Waals surface area contributed by atoms with Crippen molar-refractivity contribution in [1.82, 2.24) is 24.6 Å². The summed E-state index contributed by atoms with van der Waals surface area (Å²) in [4.78, 5) is 26.9. The number of nitrogens with zero attached hydrogens (tertiary/aromatic N) is 6. The van der Waals surface area contributed by atoms with Crippen molar-refractivity contribution in [3.8, 4) is 22.3 Å². The summed E-state index contributed by atoms with van der Waals surface area (Å²) in [5, 5.41) is 6.09. The lowest BCUT2D eigenvalue weighted by atomic mass is 9.86. The summed E-state index contributed by atoms with van der Waals surface area (Å²) < 4.78 is 1.81. The quantitative estimate of drug-likeness (QED) is 0.303. The lowest BCUT2D eigenvalue weighted by molar-refractivity contribution is -0.145. The van der Waals surface area contributed by atoms with E-state index >= 15 is 0 Å². The average Bonchev–Trinajstić information content (AvgIpc) is 3.39. The van der Waals surface area contributed by atoms with Gasteiger partial charge in [0.1, 0.15) is 5.82 Å². The predicted octanol–water partition coefficient (Wildman–Crippen LogP) is 5.38. The third kappa shape index (κ3) is 4.42. The highest BCUT2D eigenvalue weighted by Crippen LogP contribution is 2.37. The van der Waals surface area contributed by atoms with Crippen LogP contribution in [0.4, 0.5) is 5.82 Å². The molecule has 3 aliphatic rings. The summed E-state index contributed by atoms with van der Waals surface area (Å²) in [5.41, 5.74) is 6.17. The number of halogens is 1. The number of rotatable bonds is 5. The molecule has 3 aliphatic heterocycles. The molecule has 0 saturated carbocycles. The Bertz CT molecular complexity index is 1690. The summed E-state index contributed by atoms with van der Waals surface area (Å²) in [6.45, 7) is 1.60. The number of aryl methyl sites for hydroxylation is 1. The molecule has 39 heavy (non-hydrogen) atoms. The molecule has 3 fully saturated rings. The minimum Gasteiger partial charge on any atom is -0.352 e. The first-order valence-electron chi connectivity index (χ1n) is 13.2. The predicted molar refractivity (Wildman–Crippen MR) is 154 cm³/mol. The molecule has 2 atom stereocenters. The van der Waals surface area contributed by atoms with Crippen molar-refractivity contribution < 1.29 is 4.79 Å². The number of carbonyl (C=O) groups excluding carboxylic acids is 1. The van der Waals surface area contributed by atoms with E-state index in [1.54, 1.807) is 0 Å². The average molecular weight is 535 g/mol. The van der Waals surface area contributed by atoms with E-state index in [0.29, 0.717) is 11.4 Å². The SMILES string of the molecule is Cn1cc(-c2cc(-c3ccc(N4CC5CC(C4)N5C(=O)Cc4cccc(Cl)c4)nc3)c3cccnc3c2)cn1. The highest BCUT2D eigenvalue weighted by molar-refractivity contribution is 6.30. The first kappa shape index (κ1) is 23.9. The van der Waals surface area contributed by atoms with Crippen LogP contribution in [0.15, 0.2) is 85.5 Å². The molecule has 0 spiro atoms. The topological polar surface area (TPSA) is 67.2 Å². The van der Waals surface area contributed by atoms with Crippen LogP contribution in [0.1, 0.15) is 12.0 Å². The zero-order chi connectivity index (χ0) is 26.5. The second-order valence-electron chi connectivity index (χ2n) is 10.5. The monoisotopic (exact) mass is 534 g/mol. The summed E-state index contributed by atoms with van der Waals surface area (Å²) in [5.74, 6) is 1.12. The number of carbonyl (C=O) groups is 1. The molecular formula is C31H27ClN6O. The molecule has 3 saturated heterocycles. The van der Waals surface area contributed by atoms with E-state index in [0.717, 1.165) is 64.0 Å². The number of piperidine rings is 1. The van der Waals surface area contributed by atoms with Crippen molar-refractivity contribution in [1.29, 1.82) is 0 Å². The van der Waals surface area contributed by atoms with Crippen LogP contribution in [0.2, 0.25) is 5.02 Å². The first-order chi connectivity index (χ1) is 19.0. The van der Waals surface area contributed by atoms with E-state index < -0.39 is 0 Å². The van der Waals surface area contributed by atoms with Crippen molar-refractivity contribution in [2.75, 3.05) is 18.0 Å². The number of benzene rings is 2. The zero-order valence-electron chi connectivity index (χ0n) is 21.5.